The van der Waals surface area contributed by atoms with Gasteiger partial charge in [0, 0.05) is 32.7 Å². The fourth-order valence-electron chi connectivity index (χ4n) is 4.25. The van der Waals surface area contributed by atoms with Crippen LogP contribution in [0, 0.1) is 11.3 Å². The fraction of sp³-hybridized carbons (Fsp3) is 0.259. The molecule has 0 fully saturated rings. The molecule has 1 aliphatic rings. The Bertz CT molecular complexity index is 1350. The number of carbonyl (C=O) groups is 1. The number of nitrogens with one attached hydrogen (secondary N) is 1. The van der Waals surface area contributed by atoms with Gasteiger partial charge in [-0.25, -0.2) is 0 Å². The van der Waals surface area contributed by atoms with Gasteiger partial charge >= 0.3 is 6.18 Å². The van der Waals surface area contributed by atoms with Crippen molar-refractivity contribution in [3.63, 3.8) is 0 Å². The third-order valence-electron chi connectivity index (χ3n) is 6.22. The Morgan fingerprint density at radius 3 is 2.30 bits per heavy atom. The number of halogens is 3. The van der Waals surface area contributed by atoms with E-state index < -0.39 is 11.7 Å². The lowest BCUT2D eigenvalue weighted by Crippen LogP contribution is -2.36. The van der Waals surface area contributed by atoms with E-state index in [4.69, 9.17) is 9.47 Å². The molecule has 0 atom stereocenters. The Balaban J connectivity index is 1.80. The van der Waals surface area contributed by atoms with Crippen molar-refractivity contribution < 1.29 is 27.4 Å². The molecule has 0 saturated heterocycles. The summed E-state index contributed by atoms with van der Waals surface area (Å²) in [5.74, 6) is 0.477. The normalized spacial score (nSPS) is 13.7. The van der Waals surface area contributed by atoms with Crippen LogP contribution in [0.25, 0.3) is 0 Å². The number of benzene rings is 3. The zero-order valence-corrected chi connectivity index (χ0v) is 20.5. The predicted octanol–water partition coefficient (Wildman–Crippen LogP) is 5.43. The van der Waals surface area contributed by atoms with E-state index in [0.29, 0.717) is 46.1 Å². The van der Waals surface area contributed by atoms with Crippen LogP contribution in [0.4, 0.5) is 30.2 Å². The molecule has 0 radical (unpaired) electrons. The minimum absolute atomic E-state index is 0.0985. The Kier molecular flexibility index (Phi) is 7.16. The first-order chi connectivity index (χ1) is 17.7. The van der Waals surface area contributed by atoms with Crippen LogP contribution >= 0.6 is 0 Å². The van der Waals surface area contributed by atoms with Gasteiger partial charge in [-0.05, 0) is 42.0 Å². The molecule has 7 nitrogen and oxygen atoms in total. The Morgan fingerprint density at radius 2 is 1.68 bits per heavy atom. The topological polar surface area (TPSA) is 77.8 Å². The molecule has 0 spiro atoms. The minimum atomic E-state index is -4.44. The van der Waals surface area contributed by atoms with Gasteiger partial charge in [0.1, 0.15) is 0 Å². The first kappa shape index (κ1) is 25.7. The van der Waals surface area contributed by atoms with Gasteiger partial charge in [-0.15, -0.1) is 0 Å². The van der Waals surface area contributed by atoms with E-state index in [1.807, 2.05) is 4.90 Å². The molecule has 0 aliphatic carbocycles. The van der Waals surface area contributed by atoms with Gasteiger partial charge in [0.25, 0.3) is 5.91 Å². The maximum absolute atomic E-state index is 13.9. The number of rotatable bonds is 4. The van der Waals surface area contributed by atoms with Crippen molar-refractivity contribution >= 4 is 23.0 Å². The van der Waals surface area contributed by atoms with Crippen molar-refractivity contribution in [2.24, 2.45) is 0 Å². The number of anilines is 3. The summed E-state index contributed by atoms with van der Waals surface area (Å²) in [6.45, 7) is 0.708. The second kappa shape index (κ2) is 10.3. The molecule has 1 aliphatic heterocycles. The Morgan fingerprint density at radius 1 is 1.00 bits per heavy atom. The molecular formula is C27H25F3N4O3. The van der Waals surface area contributed by atoms with Crippen LogP contribution < -0.4 is 19.7 Å². The summed E-state index contributed by atoms with van der Waals surface area (Å²) in [5.41, 5.74) is 2.60. The fourth-order valence-corrected chi connectivity index (χ4v) is 4.25. The highest BCUT2D eigenvalue weighted by molar-refractivity contribution is 6.02. The summed E-state index contributed by atoms with van der Waals surface area (Å²) in [4.78, 5) is 17.2. The highest BCUT2D eigenvalue weighted by Gasteiger charge is 2.30. The third-order valence-corrected chi connectivity index (χ3v) is 6.22. The predicted molar refractivity (Wildman–Crippen MR) is 133 cm³/mol. The first-order valence-electron chi connectivity index (χ1n) is 11.4. The quantitative estimate of drug-likeness (QED) is 0.505. The number of ether oxygens (including phenoxy) is 2. The third kappa shape index (κ3) is 5.26. The molecule has 3 aromatic carbocycles. The highest BCUT2D eigenvalue weighted by atomic mass is 19.4. The van der Waals surface area contributed by atoms with Crippen molar-refractivity contribution in [2.45, 2.75) is 12.7 Å². The molecule has 0 bridgehead atoms. The number of fused-ring (bicyclic) bond motifs is 2. The molecule has 3 aromatic rings. The second-order valence-electron chi connectivity index (χ2n) is 8.48. The number of amides is 1. The van der Waals surface area contributed by atoms with Gasteiger partial charge in [0.2, 0.25) is 0 Å². The molecule has 0 saturated carbocycles. The Labute approximate surface area is 212 Å². The van der Waals surface area contributed by atoms with E-state index >= 15 is 0 Å². The van der Waals surface area contributed by atoms with Gasteiger partial charge in [0.15, 0.2) is 11.5 Å². The summed E-state index contributed by atoms with van der Waals surface area (Å²) in [7, 11) is 4.77. The van der Waals surface area contributed by atoms with Gasteiger partial charge in [-0.1, -0.05) is 12.1 Å². The number of nitrogens with zero attached hydrogens (tertiary/aromatic N) is 3. The van der Waals surface area contributed by atoms with Crippen LogP contribution in [0.15, 0.2) is 54.6 Å². The van der Waals surface area contributed by atoms with E-state index in [9.17, 15) is 23.2 Å². The zero-order valence-electron chi connectivity index (χ0n) is 20.5. The van der Waals surface area contributed by atoms with E-state index in [0.717, 1.165) is 17.8 Å². The molecule has 1 amide bonds. The second-order valence-corrected chi connectivity index (χ2v) is 8.48. The maximum atomic E-state index is 13.9. The van der Waals surface area contributed by atoms with Crippen LogP contribution in [0.3, 0.4) is 0 Å². The van der Waals surface area contributed by atoms with Crippen molar-refractivity contribution in [1.82, 2.24) is 4.90 Å². The zero-order chi connectivity index (χ0) is 26.7. The number of carbonyl (C=O) groups excluding carboxylic acids is 1. The van der Waals surface area contributed by atoms with E-state index in [1.54, 1.807) is 42.3 Å². The smallest absolute Gasteiger partial charge is 0.416 e. The molecule has 1 N–H and O–H groups in total. The summed E-state index contributed by atoms with van der Waals surface area (Å²) < 4.78 is 50.0. The van der Waals surface area contributed by atoms with Gasteiger partial charge in [-0.2, -0.15) is 18.4 Å². The van der Waals surface area contributed by atoms with Crippen LogP contribution in [-0.2, 0) is 12.7 Å². The molecule has 1 heterocycles. The van der Waals surface area contributed by atoms with Gasteiger partial charge < -0.3 is 24.6 Å². The average molecular weight is 511 g/mol. The van der Waals surface area contributed by atoms with E-state index in [-0.39, 0.29) is 19.0 Å². The van der Waals surface area contributed by atoms with Crippen LogP contribution in [0.5, 0.6) is 11.5 Å². The number of nitriles is 1. The molecule has 192 valence electrons. The SMILES string of the molecule is COc1cc2c(cc1OC)N(C)c1ccc(C#N)cc1NCCN(Cc1ccc(C(F)(F)F)cc1)C2=O. The standard InChI is InChI=1S/C27H25F3N4O3/c1-33-22-9-6-18(15-31)12-21(22)32-10-11-34(16-17-4-7-19(8-5-17)27(28,29)30)26(35)20-13-24(36-2)25(37-3)14-23(20)33/h4-9,12-14,32H,10-11,16H2,1-3H3. The summed E-state index contributed by atoms with van der Waals surface area (Å²) >= 11 is 0. The Hall–Kier alpha value is -4.39. The maximum Gasteiger partial charge on any atom is 0.416 e. The van der Waals surface area contributed by atoms with Crippen molar-refractivity contribution in [2.75, 3.05) is 44.6 Å². The number of hydrogen-bond donors (Lipinski definition) is 1. The lowest BCUT2D eigenvalue weighted by Gasteiger charge is -2.31. The average Bonchev–Trinajstić information content (AvgIpc) is 2.90. The molecule has 37 heavy (non-hydrogen) atoms. The lowest BCUT2D eigenvalue weighted by atomic mass is 10.1. The summed E-state index contributed by atoms with van der Waals surface area (Å²) in [6.07, 6.45) is -4.44. The largest absolute Gasteiger partial charge is 0.493 e. The highest BCUT2D eigenvalue weighted by Crippen LogP contribution is 2.40. The number of alkyl halides is 3. The van der Waals surface area contributed by atoms with E-state index in [2.05, 4.69) is 11.4 Å². The molecule has 4 rings (SSSR count). The molecule has 0 aromatic heterocycles. The van der Waals surface area contributed by atoms with Crippen LogP contribution in [-0.4, -0.2) is 45.2 Å². The minimum Gasteiger partial charge on any atom is -0.493 e. The van der Waals surface area contributed by atoms with Crippen LogP contribution in [0.1, 0.15) is 27.0 Å². The van der Waals surface area contributed by atoms with Crippen LogP contribution in [0.2, 0.25) is 0 Å². The van der Waals surface area contributed by atoms with Crippen molar-refractivity contribution in [3.05, 3.63) is 76.9 Å². The van der Waals surface area contributed by atoms with Gasteiger partial charge in [0.05, 0.1) is 54.0 Å². The van der Waals surface area contributed by atoms with E-state index in [1.165, 1.54) is 26.4 Å². The van der Waals surface area contributed by atoms with Crippen molar-refractivity contribution in [3.8, 4) is 17.6 Å². The van der Waals surface area contributed by atoms with Crippen molar-refractivity contribution in [1.29, 1.82) is 5.26 Å². The van der Waals surface area contributed by atoms with Gasteiger partial charge in [-0.3, -0.25) is 4.79 Å². The molecular weight excluding hydrogens is 485 g/mol. The lowest BCUT2D eigenvalue weighted by molar-refractivity contribution is -0.137. The molecule has 0 unspecified atom stereocenters. The number of methoxy groups -OCH3 is 2. The first-order valence-corrected chi connectivity index (χ1v) is 11.4. The molecule has 10 heteroatoms. The summed E-state index contributed by atoms with van der Waals surface area (Å²) in [5, 5.41) is 12.7. The monoisotopic (exact) mass is 510 g/mol. The number of hydrogen-bond acceptors (Lipinski definition) is 6. The summed E-state index contributed by atoms with van der Waals surface area (Å²) in [6, 6.07) is 15.4.